The normalized spacial score (nSPS) is 15.6. The Morgan fingerprint density at radius 1 is 1.17 bits per heavy atom. The van der Waals surface area contributed by atoms with Crippen LogP contribution in [0, 0.1) is 5.82 Å². The Hall–Kier alpha value is -3.59. The number of pyridine rings is 1. The van der Waals surface area contributed by atoms with Crippen LogP contribution >= 0.6 is 11.8 Å². The van der Waals surface area contributed by atoms with Gasteiger partial charge in [-0.25, -0.2) is 9.37 Å². The van der Waals surface area contributed by atoms with Crippen molar-refractivity contribution in [2.45, 2.75) is 80.2 Å². The van der Waals surface area contributed by atoms with Crippen LogP contribution < -0.4 is 21.7 Å². The van der Waals surface area contributed by atoms with Crippen LogP contribution in [0.2, 0.25) is 0 Å². The topological polar surface area (TPSA) is 114 Å². The van der Waals surface area contributed by atoms with Gasteiger partial charge in [0.25, 0.3) is 11.8 Å². The van der Waals surface area contributed by atoms with Crippen molar-refractivity contribution in [1.29, 1.82) is 0 Å². The molecule has 1 saturated heterocycles. The number of amides is 2. The van der Waals surface area contributed by atoms with Crippen LogP contribution in [0.5, 0.6) is 0 Å². The van der Waals surface area contributed by atoms with Gasteiger partial charge in [0.05, 0.1) is 28.2 Å². The zero-order chi connectivity index (χ0) is 31.8. The molecule has 1 atom stereocenters. The average Bonchev–Trinajstić information content (AvgIpc) is 2.97. The van der Waals surface area contributed by atoms with Gasteiger partial charge in [-0.05, 0) is 95.0 Å². The minimum absolute atomic E-state index is 0.0757. The summed E-state index contributed by atoms with van der Waals surface area (Å²) in [5.74, 6) is -1.85. The second-order valence-corrected chi connectivity index (χ2v) is 10.6. The first-order valence-electron chi connectivity index (χ1n) is 14.5. The number of primary amides is 2. The number of nitrogens with one attached hydrogen (secondary N) is 1. The van der Waals surface area contributed by atoms with Crippen molar-refractivity contribution >= 4 is 41.0 Å². The number of piperidine rings is 1. The molecule has 0 radical (unpaired) electrons. The van der Waals surface area contributed by atoms with E-state index in [2.05, 4.69) is 49.0 Å². The first-order chi connectivity index (χ1) is 20.0. The van der Waals surface area contributed by atoms with Crippen LogP contribution in [0.3, 0.4) is 0 Å². The lowest BCUT2D eigenvalue weighted by Crippen LogP contribution is -2.37. The Labute approximate surface area is 255 Å². The first-order valence-corrected chi connectivity index (χ1v) is 15.7. The van der Waals surface area contributed by atoms with Gasteiger partial charge in [-0.3, -0.25) is 9.59 Å². The standard InChI is InChI=1S/C21H32N4OS.C10H10FNO.C2H6/c1-6-14(2)15(3)11-19(27-5)24-18-12-17(13-23-20(18)21(22)26)25-10-8-7-9-16(25)4;1-2-3-7-4-5-8(10(12)13)9(11)6-7;1-2/h11-13,16,24H,6-10H2,1-5H3,(H2,22,26);2-6H,1H3,(H2,12,13);1-2H3/b15-14?,19-11-;3-2+;. The molecular weight excluding hydrogens is 549 g/mol. The highest BCUT2D eigenvalue weighted by Crippen LogP contribution is 2.29. The summed E-state index contributed by atoms with van der Waals surface area (Å²) >= 11 is 1.61. The molecule has 1 aliphatic heterocycles. The van der Waals surface area contributed by atoms with E-state index in [1.165, 1.54) is 42.5 Å². The van der Waals surface area contributed by atoms with Gasteiger partial charge in [-0.15, -0.1) is 11.8 Å². The zero-order valence-electron chi connectivity index (χ0n) is 26.4. The third kappa shape index (κ3) is 11.0. The summed E-state index contributed by atoms with van der Waals surface area (Å²) in [5, 5.41) is 4.35. The van der Waals surface area contributed by atoms with Crippen LogP contribution in [0.4, 0.5) is 15.8 Å². The smallest absolute Gasteiger partial charge is 0.269 e. The molecule has 1 aromatic heterocycles. The molecule has 7 nitrogen and oxygen atoms in total. The van der Waals surface area contributed by atoms with Gasteiger partial charge >= 0.3 is 0 Å². The quantitative estimate of drug-likeness (QED) is 0.253. The summed E-state index contributed by atoms with van der Waals surface area (Å²) in [6, 6.07) is 6.78. The number of allylic oxidation sites excluding steroid dienone is 4. The number of hydrogen-bond donors (Lipinski definition) is 3. The molecule has 3 rings (SSSR count). The summed E-state index contributed by atoms with van der Waals surface area (Å²) in [7, 11) is 0. The molecule has 1 aromatic carbocycles. The molecule has 0 bridgehead atoms. The van der Waals surface area contributed by atoms with Crippen molar-refractivity contribution < 1.29 is 14.0 Å². The van der Waals surface area contributed by atoms with E-state index in [1.807, 2.05) is 33.1 Å². The van der Waals surface area contributed by atoms with E-state index in [9.17, 15) is 14.0 Å². The predicted octanol–water partition coefficient (Wildman–Crippen LogP) is 7.91. The van der Waals surface area contributed by atoms with Gasteiger partial charge in [0, 0.05) is 12.6 Å². The highest BCUT2D eigenvalue weighted by atomic mass is 32.2. The predicted molar refractivity (Wildman–Crippen MR) is 178 cm³/mol. The van der Waals surface area contributed by atoms with Crippen LogP contribution in [0.1, 0.15) is 101 Å². The van der Waals surface area contributed by atoms with Crippen molar-refractivity contribution in [3.8, 4) is 0 Å². The number of anilines is 2. The number of benzene rings is 1. The molecular formula is C33H48FN5O2S. The summed E-state index contributed by atoms with van der Waals surface area (Å²) < 4.78 is 13.1. The second kappa shape index (κ2) is 18.8. The number of nitrogens with zero attached hydrogens (tertiary/aromatic N) is 2. The molecule has 0 spiro atoms. The molecule has 42 heavy (non-hydrogen) atoms. The highest BCUT2D eigenvalue weighted by molar-refractivity contribution is 8.02. The maximum absolute atomic E-state index is 13.1. The molecule has 0 aliphatic carbocycles. The fourth-order valence-electron chi connectivity index (χ4n) is 4.29. The summed E-state index contributed by atoms with van der Waals surface area (Å²) in [6.07, 6.45) is 14.1. The van der Waals surface area contributed by atoms with Gasteiger partial charge in [-0.2, -0.15) is 0 Å². The van der Waals surface area contributed by atoms with Gasteiger partial charge in [0.15, 0.2) is 5.69 Å². The fraction of sp³-hybridized carbons (Fsp3) is 0.424. The van der Waals surface area contributed by atoms with Crippen molar-refractivity contribution in [3.05, 3.63) is 81.4 Å². The fourth-order valence-corrected chi connectivity index (χ4v) is 4.80. The van der Waals surface area contributed by atoms with Crippen molar-refractivity contribution in [1.82, 2.24) is 4.98 Å². The van der Waals surface area contributed by atoms with E-state index in [0.29, 0.717) is 17.3 Å². The number of halogens is 1. The molecule has 1 aliphatic rings. The second-order valence-electron chi connectivity index (χ2n) is 9.75. The maximum Gasteiger partial charge on any atom is 0.269 e. The Morgan fingerprint density at radius 2 is 1.86 bits per heavy atom. The monoisotopic (exact) mass is 597 g/mol. The molecule has 230 valence electrons. The number of aromatic nitrogens is 1. The molecule has 9 heteroatoms. The minimum Gasteiger partial charge on any atom is -0.368 e. The molecule has 2 heterocycles. The number of hydrogen-bond acceptors (Lipinski definition) is 6. The number of carbonyl (C=O) groups is 2. The molecule has 1 unspecified atom stereocenters. The van der Waals surface area contributed by atoms with Gasteiger partial charge in [-0.1, -0.05) is 44.6 Å². The third-order valence-electron chi connectivity index (χ3n) is 6.89. The number of rotatable bonds is 9. The van der Waals surface area contributed by atoms with E-state index >= 15 is 0 Å². The molecule has 0 saturated carbocycles. The first kappa shape index (κ1) is 36.4. The zero-order valence-corrected chi connectivity index (χ0v) is 27.2. The largest absolute Gasteiger partial charge is 0.368 e. The van der Waals surface area contributed by atoms with Gasteiger partial charge in [0.1, 0.15) is 5.82 Å². The Kier molecular flexibility index (Phi) is 16.3. The van der Waals surface area contributed by atoms with E-state index in [-0.39, 0.29) is 11.3 Å². The summed E-state index contributed by atoms with van der Waals surface area (Å²) in [6.45, 7) is 15.5. The average molecular weight is 598 g/mol. The van der Waals surface area contributed by atoms with Crippen LogP contribution in [0.25, 0.3) is 6.08 Å². The van der Waals surface area contributed by atoms with Crippen LogP contribution in [-0.2, 0) is 0 Å². The Balaban J connectivity index is 0.000000491. The van der Waals surface area contributed by atoms with E-state index in [4.69, 9.17) is 11.5 Å². The van der Waals surface area contributed by atoms with Crippen molar-refractivity contribution in [3.63, 3.8) is 0 Å². The van der Waals surface area contributed by atoms with E-state index in [0.717, 1.165) is 23.7 Å². The molecule has 2 aromatic rings. The van der Waals surface area contributed by atoms with Gasteiger partial charge < -0.3 is 21.7 Å². The molecule has 1 fully saturated rings. The number of nitrogens with two attached hydrogens (primary N) is 2. The van der Waals surface area contributed by atoms with Crippen molar-refractivity contribution in [2.75, 3.05) is 23.0 Å². The minimum atomic E-state index is -0.746. The van der Waals surface area contributed by atoms with Crippen LogP contribution in [0.15, 0.2) is 58.8 Å². The maximum atomic E-state index is 13.1. The lowest BCUT2D eigenvalue weighted by atomic mass is 10.0. The number of carbonyl (C=O) groups excluding carboxylic acids is 2. The molecule has 5 N–H and O–H groups in total. The van der Waals surface area contributed by atoms with Crippen LogP contribution in [-0.4, -0.2) is 35.6 Å². The number of thioether (sulfide) groups is 1. The molecule has 2 amide bonds. The van der Waals surface area contributed by atoms with E-state index < -0.39 is 17.6 Å². The third-order valence-corrected chi connectivity index (χ3v) is 7.55. The summed E-state index contributed by atoms with van der Waals surface area (Å²) in [4.78, 5) is 29.3. The lowest BCUT2D eigenvalue weighted by Gasteiger charge is -2.35. The Morgan fingerprint density at radius 3 is 2.38 bits per heavy atom. The van der Waals surface area contributed by atoms with Crippen molar-refractivity contribution in [2.24, 2.45) is 11.5 Å². The SMILES string of the molecule is C/C=C/c1ccc(C(N)=O)c(F)c1.CC.CCC(C)=C(C)/C=C(/Nc1cc(N2CCCCC2C)cnc1C(N)=O)SC. The van der Waals surface area contributed by atoms with E-state index in [1.54, 1.807) is 36.2 Å². The summed E-state index contributed by atoms with van der Waals surface area (Å²) in [5.41, 5.74) is 15.7. The highest BCUT2D eigenvalue weighted by Gasteiger charge is 2.21. The van der Waals surface area contributed by atoms with Gasteiger partial charge in [0.2, 0.25) is 0 Å². The lowest BCUT2D eigenvalue weighted by molar-refractivity contribution is 0.0988. The Bertz CT molecular complexity index is 1290.